The first-order valence-electron chi connectivity index (χ1n) is 40.3. The summed E-state index contributed by atoms with van der Waals surface area (Å²) in [6.45, 7) is 0. The molecule has 0 saturated carbocycles. The van der Waals surface area contributed by atoms with Gasteiger partial charge in [0.05, 0.1) is 11.4 Å². The van der Waals surface area contributed by atoms with E-state index in [4.69, 9.17) is 33.8 Å². The summed E-state index contributed by atoms with van der Waals surface area (Å²) in [4.78, 5) is 24.7. The molecular weight excluding hydrogens is 1500 g/mol. The molecule has 7 nitrogen and oxygen atoms in total. The number of rotatable bonds is 12. The van der Waals surface area contributed by atoms with Crippen LogP contribution in [0.3, 0.4) is 0 Å². The Bertz CT molecular complexity index is 7510. The molecule has 9 heteroatoms. The summed E-state index contributed by atoms with van der Waals surface area (Å²) in [7, 11) is 0. The number of nitrogens with zero attached hydrogens (tertiary/aromatic N) is 5. The molecule has 0 amide bonds. The maximum absolute atomic E-state index is 6.75. The van der Waals surface area contributed by atoms with Crippen LogP contribution in [0.4, 0.5) is 0 Å². The monoisotopic (exact) mass is 1570 g/mol. The minimum Gasteiger partial charge on any atom is -0.455 e. The molecule has 560 valence electrons. The van der Waals surface area contributed by atoms with Crippen LogP contribution >= 0.6 is 22.7 Å². The topological polar surface area (TPSA) is 90.7 Å². The van der Waals surface area contributed by atoms with E-state index in [2.05, 4.69) is 309 Å². The zero-order valence-corrected chi connectivity index (χ0v) is 66.2. The van der Waals surface area contributed by atoms with Crippen molar-refractivity contribution < 1.29 is 8.83 Å². The van der Waals surface area contributed by atoms with Gasteiger partial charge in [-0.15, -0.1) is 22.7 Å². The van der Waals surface area contributed by atoms with Crippen LogP contribution in [0.2, 0.25) is 0 Å². The van der Waals surface area contributed by atoms with Crippen molar-refractivity contribution in [3.05, 3.63) is 406 Å². The summed E-state index contributed by atoms with van der Waals surface area (Å²) in [5, 5.41) is 14.3. The molecular formula is C111H67N5O2S2. The average Bonchev–Trinajstić information content (AvgIpc) is 1.56. The summed E-state index contributed by atoms with van der Waals surface area (Å²) in [6.07, 6.45) is 0. The van der Waals surface area contributed by atoms with Gasteiger partial charge in [0.15, 0.2) is 23.3 Å². The number of aromatic nitrogens is 5. The summed E-state index contributed by atoms with van der Waals surface area (Å²) >= 11 is 3.74. The maximum Gasteiger partial charge on any atom is 0.164 e. The first-order chi connectivity index (χ1) is 59.5. The van der Waals surface area contributed by atoms with Gasteiger partial charge in [-0.05, 0) is 109 Å². The van der Waals surface area contributed by atoms with Crippen molar-refractivity contribution >= 4 is 128 Å². The van der Waals surface area contributed by atoms with Crippen molar-refractivity contribution in [2.45, 2.75) is 0 Å². The Morgan fingerprint density at radius 2 is 0.458 bits per heavy atom. The molecule has 0 unspecified atom stereocenters. The normalized spacial score (nSPS) is 11.7. The Hall–Kier alpha value is -15.4. The zero-order chi connectivity index (χ0) is 79.1. The van der Waals surface area contributed by atoms with Crippen LogP contribution < -0.4 is 0 Å². The number of furan rings is 2. The summed E-state index contributed by atoms with van der Waals surface area (Å²) < 4.78 is 18.7. The molecule has 6 aromatic heterocycles. The van der Waals surface area contributed by atoms with Gasteiger partial charge in [0.25, 0.3) is 0 Å². The highest BCUT2D eigenvalue weighted by Gasteiger charge is 2.24. The second kappa shape index (κ2) is 29.4. The van der Waals surface area contributed by atoms with E-state index in [1.807, 2.05) is 120 Å². The van der Waals surface area contributed by atoms with Gasteiger partial charge in [0.2, 0.25) is 0 Å². The van der Waals surface area contributed by atoms with Crippen molar-refractivity contribution in [3.8, 4) is 135 Å². The quantitative estimate of drug-likeness (QED) is 0.120. The molecule has 24 rings (SSSR count). The zero-order valence-electron chi connectivity index (χ0n) is 64.6. The third-order valence-corrected chi connectivity index (χ3v) is 25.7. The average molecular weight is 1570 g/mol. The highest BCUT2D eigenvalue weighted by atomic mass is 32.1. The molecule has 0 fully saturated rings. The van der Waals surface area contributed by atoms with E-state index in [1.54, 1.807) is 0 Å². The van der Waals surface area contributed by atoms with Gasteiger partial charge in [-0.2, -0.15) is 0 Å². The van der Waals surface area contributed by atoms with Crippen molar-refractivity contribution in [3.63, 3.8) is 0 Å². The first-order valence-corrected chi connectivity index (χ1v) is 41.9. The molecule has 0 radical (unpaired) electrons. The van der Waals surface area contributed by atoms with Gasteiger partial charge in [-0.25, -0.2) is 24.9 Å². The molecule has 120 heavy (non-hydrogen) atoms. The number of hydrogen-bond acceptors (Lipinski definition) is 9. The van der Waals surface area contributed by atoms with E-state index >= 15 is 0 Å². The molecule has 18 aromatic carbocycles. The van der Waals surface area contributed by atoms with Gasteiger partial charge < -0.3 is 8.83 Å². The summed E-state index contributed by atoms with van der Waals surface area (Å²) in [6, 6.07) is 143. The van der Waals surface area contributed by atoms with Crippen LogP contribution in [0.15, 0.2) is 415 Å². The number of benzene rings is 18. The molecule has 0 aliphatic rings. The molecule has 0 bridgehead atoms. The fourth-order valence-electron chi connectivity index (χ4n) is 17.5. The molecule has 6 heterocycles. The van der Waals surface area contributed by atoms with Gasteiger partial charge in [-0.1, -0.05) is 364 Å². The molecule has 0 atom stereocenters. The molecule has 0 spiro atoms. The third-order valence-electron chi connectivity index (χ3n) is 23.3. The standard InChI is InChI=1S/C56H34N2OS.C55H33N3OS/c1-3-13-38(14-4-1)49-34-50(58-56(57-49)40-15-5-2-6-16-40)39-31-27-36(28-32-39)35-25-29-37(30-26-35)41-20-12-23-51-53(41)48-33-47(42-17-7-8-19-44(42)54(48)59-51)46-22-11-21-45-43-18-9-10-24-52(43)60-55(45)46;1-3-13-37(14-4-1)53-56-54(38-15-5-2-6-16-38)58-55(57-53)39-31-27-35(28-32-39)34-25-29-36(30-26-34)40-20-12-23-48-50(40)47-33-46(41-17-7-8-19-43(41)51(47)59-48)45-22-11-21-44-42-18-9-10-24-49(42)60-52(44)45/h1-34H;1-33H. The fourth-order valence-corrected chi connectivity index (χ4v) is 19.9. The predicted molar refractivity (Wildman–Crippen MR) is 502 cm³/mol. The van der Waals surface area contributed by atoms with Crippen LogP contribution in [0.1, 0.15) is 0 Å². The minimum absolute atomic E-state index is 0.640. The predicted octanol–water partition coefficient (Wildman–Crippen LogP) is 31.2. The van der Waals surface area contributed by atoms with Gasteiger partial charge >= 0.3 is 0 Å². The summed E-state index contributed by atoms with van der Waals surface area (Å²) in [5.74, 6) is 2.65. The molecule has 0 aliphatic heterocycles. The smallest absolute Gasteiger partial charge is 0.164 e. The van der Waals surface area contributed by atoms with E-state index in [1.165, 1.54) is 73.4 Å². The van der Waals surface area contributed by atoms with E-state index in [-0.39, 0.29) is 0 Å². The largest absolute Gasteiger partial charge is 0.455 e. The maximum atomic E-state index is 6.75. The molecule has 24 aromatic rings. The van der Waals surface area contributed by atoms with Crippen molar-refractivity contribution in [2.24, 2.45) is 0 Å². The second-order valence-electron chi connectivity index (χ2n) is 30.4. The Labute approximate surface area is 698 Å². The number of thiophene rings is 2. The Morgan fingerprint density at radius 3 is 0.858 bits per heavy atom. The van der Waals surface area contributed by atoms with E-state index < -0.39 is 0 Å². The molecule has 0 aliphatic carbocycles. The Morgan fingerprint density at radius 1 is 0.175 bits per heavy atom. The van der Waals surface area contributed by atoms with Crippen LogP contribution in [0.25, 0.3) is 241 Å². The molecule has 0 saturated heterocycles. The number of fused-ring (bicyclic) bond motifs is 16. The van der Waals surface area contributed by atoms with Crippen LogP contribution in [-0.4, -0.2) is 24.9 Å². The van der Waals surface area contributed by atoms with Crippen molar-refractivity contribution in [1.29, 1.82) is 0 Å². The van der Waals surface area contributed by atoms with Gasteiger partial charge in [-0.3, -0.25) is 0 Å². The molecule has 0 N–H and O–H groups in total. The van der Waals surface area contributed by atoms with E-state index in [9.17, 15) is 0 Å². The fraction of sp³-hybridized carbons (Fsp3) is 0. The lowest BCUT2D eigenvalue weighted by molar-refractivity contribution is 0.672. The SMILES string of the molecule is c1ccc(-c2cc(-c3ccc(-c4ccc(-c5cccc6oc7c8ccccc8c(-c8cccc9c8sc8ccccc89)cc7c56)cc4)cc3)nc(-c3ccccc3)n2)cc1.c1ccc(-c2nc(-c3ccccc3)nc(-c3ccc(-c4ccc(-c5cccc6oc7c8ccccc8c(-c8cccc9c8sc8ccccc89)cc7c56)cc4)cc3)n2)cc1. The lowest BCUT2D eigenvalue weighted by Crippen LogP contribution is -2.00. The minimum atomic E-state index is 0.640. The van der Waals surface area contributed by atoms with E-state index in [0.29, 0.717) is 23.3 Å². The lowest BCUT2D eigenvalue weighted by Gasteiger charge is -2.11. The van der Waals surface area contributed by atoms with Crippen LogP contribution in [0, 0.1) is 0 Å². The summed E-state index contributed by atoms with van der Waals surface area (Å²) in [5.41, 5.74) is 25.4. The first kappa shape index (κ1) is 70.1. The van der Waals surface area contributed by atoms with Crippen LogP contribution in [-0.2, 0) is 0 Å². The van der Waals surface area contributed by atoms with Gasteiger partial charge in [0.1, 0.15) is 22.3 Å². The third kappa shape index (κ3) is 12.4. The Kier molecular flexibility index (Phi) is 17.2. The van der Waals surface area contributed by atoms with Crippen molar-refractivity contribution in [1.82, 2.24) is 24.9 Å². The highest BCUT2D eigenvalue weighted by Crippen LogP contribution is 2.50. The van der Waals surface area contributed by atoms with Crippen LogP contribution in [0.5, 0.6) is 0 Å². The number of hydrogen-bond donors (Lipinski definition) is 0. The second-order valence-corrected chi connectivity index (χ2v) is 32.5. The highest BCUT2D eigenvalue weighted by molar-refractivity contribution is 7.26. The van der Waals surface area contributed by atoms with E-state index in [0.717, 1.165) is 144 Å². The van der Waals surface area contributed by atoms with Gasteiger partial charge in [0, 0.05) is 117 Å². The van der Waals surface area contributed by atoms with Crippen molar-refractivity contribution in [2.75, 3.05) is 0 Å². The Balaban J connectivity index is 0.000000140. The lowest BCUT2D eigenvalue weighted by atomic mass is 9.92.